The smallest absolute Gasteiger partial charge is 0.235 e. The van der Waals surface area contributed by atoms with Crippen molar-refractivity contribution in [3.63, 3.8) is 0 Å². The van der Waals surface area contributed by atoms with Crippen LogP contribution in [0, 0.1) is 21.6 Å². The monoisotopic (exact) mass is 592 g/mol. The first-order valence-corrected chi connectivity index (χ1v) is 13.4. The molecule has 43 heavy (non-hydrogen) atoms. The highest BCUT2D eigenvalue weighted by molar-refractivity contribution is 5.72. The van der Waals surface area contributed by atoms with Crippen molar-refractivity contribution in [2.45, 2.75) is 80.2 Å². The molecule has 3 rings (SSSR count). The van der Waals surface area contributed by atoms with Gasteiger partial charge in [0.1, 0.15) is 11.6 Å². The molecule has 0 spiro atoms. The number of nitrogens with one attached hydrogen (secondary N) is 2. The molecule has 0 aromatic heterocycles. The van der Waals surface area contributed by atoms with Crippen LogP contribution in [-0.4, -0.2) is 48.5 Å². The van der Waals surface area contributed by atoms with Gasteiger partial charge in [-0.2, -0.15) is 0 Å². The van der Waals surface area contributed by atoms with Gasteiger partial charge in [0.05, 0.1) is 12.6 Å². The van der Waals surface area contributed by atoms with E-state index in [-0.39, 0.29) is 28.4 Å². The van der Waals surface area contributed by atoms with Gasteiger partial charge in [-0.05, 0) is 75.3 Å². The Morgan fingerprint density at radius 1 is 0.744 bits per heavy atom. The molecule has 0 aliphatic heterocycles. The Bertz CT molecular complexity index is 1150. The van der Waals surface area contributed by atoms with Gasteiger partial charge in [-0.15, -0.1) is 0 Å². The van der Waals surface area contributed by atoms with Crippen LogP contribution in [0.3, 0.4) is 0 Å². The SMILES string of the molecule is CC(C)=O.CC(C)=O.CC1(C)CC(N=C=O)CC(C)(CN=C=O)C1.N=C=O.N=C=O.c1ccc(Cc2ccccc2)cc1. The minimum absolute atomic E-state index is 0.00750. The van der Waals surface area contributed by atoms with E-state index in [0.29, 0.717) is 6.54 Å². The van der Waals surface area contributed by atoms with Gasteiger partial charge >= 0.3 is 0 Å². The van der Waals surface area contributed by atoms with Gasteiger partial charge in [0, 0.05) is 0 Å². The summed E-state index contributed by atoms with van der Waals surface area (Å²) in [7, 11) is 0. The van der Waals surface area contributed by atoms with E-state index >= 15 is 0 Å². The molecule has 2 unspecified atom stereocenters. The number of rotatable bonds is 5. The maximum atomic E-state index is 10.3. The van der Waals surface area contributed by atoms with Crippen LogP contribution in [0.2, 0.25) is 0 Å². The summed E-state index contributed by atoms with van der Waals surface area (Å²) < 4.78 is 0. The normalized spacial score (nSPS) is 16.6. The van der Waals surface area contributed by atoms with Crippen LogP contribution >= 0.6 is 0 Å². The van der Waals surface area contributed by atoms with Crippen molar-refractivity contribution in [1.29, 1.82) is 10.8 Å². The van der Waals surface area contributed by atoms with Crippen LogP contribution in [-0.2, 0) is 35.2 Å². The summed E-state index contributed by atoms with van der Waals surface area (Å²) in [6.07, 6.45) is 8.41. The largest absolute Gasteiger partial charge is 0.300 e. The van der Waals surface area contributed by atoms with Crippen molar-refractivity contribution in [2.24, 2.45) is 20.8 Å². The molecule has 1 fully saturated rings. The van der Waals surface area contributed by atoms with E-state index in [2.05, 4.69) is 91.4 Å². The van der Waals surface area contributed by atoms with E-state index in [4.69, 9.17) is 20.4 Å². The summed E-state index contributed by atoms with van der Waals surface area (Å²) in [5, 5.41) is 10.8. The fourth-order valence-electron chi connectivity index (χ4n) is 4.52. The van der Waals surface area contributed by atoms with Crippen molar-refractivity contribution in [3.05, 3.63) is 71.8 Å². The van der Waals surface area contributed by atoms with Gasteiger partial charge in [-0.3, -0.25) is 0 Å². The first-order valence-electron chi connectivity index (χ1n) is 13.4. The number of benzene rings is 2. The minimum atomic E-state index is -0.0653. The summed E-state index contributed by atoms with van der Waals surface area (Å²) in [5.41, 5.74) is 2.79. The quantitative estimate of drug-likeness (QED) is 0.295. The molecule has 2 aromatic carbocycles. The van der Waals surface area contributed by atoms with Gasteiger partial charge < -0.3 is 9.59 Å². The number of carbonyl (C=O) groups is 2. The van der Waals surface area contributed by atoms with Crippen LogP contribution < -0.4 is 0 Å². The molecule has 10 heteroatoms. The fraction of sp³-hybridized carbons (Fsp3) is 0.455. The van der Waals surface area contributed by atoms with Gasteiger partial charge in [-0.1, -0.05) is 81.4 Å². The Morgan fingerprint density at radius 3 is 1.44 bits per heavy atom. The molecule has 232 valence electrons. The molecule has 0 saturated heterocycles. The highest BCUT2D eigenvalue weighted by Gasteiger charge is 2.41. The molecule has 0 radical (unpaired) electrons. The Labute approximate surface area is 254 Å². The molecule has 0 amide bonds. The van der Waals surface area contributed by atoms with Gasteiger partial charge in [0.15, 0.2) is 0 Å². The third kappa shape index (κ3) is 30.1. The van der Waals surface area contributed by atoms with Crippen molar-refractivity contribution < 1.29 is 28.8 Å². The summed E-state index contributed by atoms with van der Waals surface area (Å²) in [5.74, 6) is 0.333. The lowest BCUT2D eigenvalue weighted by atomic mass is 9.63. The number of isocyanates is 4. The van der Waals surface area contributed by atoms with E-state index < -0.39 is 0 Å². The Hall–Kier alpha value is -4.70. The Balaban J connectivity index is -0.000000525. The van der Waals surface area contributed by atoms with Gasteiger partial charge in [-0.25, -0.2) is 40.0 Å². The third-order valence-electron chi connectivity index (χ3n) is 5.28. The topological polar surface area (TPSA) is 175 Å². The minimum Gasteiger partial charge on any atom is -0.300 e. The lowest BCUT2D eigenvalue weighted by Crippen LogP contribution is -2.39. The second-order valence-electron chi connectivity index (χ2n) is 11.0. The zero-order chi connectivity index (χ0) is 33.7. The van der Waals surface area contributed by atoms with E-state index in [1.54, 1.807) is 12.2 Å². The van der Waals surface area contributed by atoms with Gasteiger partial charge in [0.25, 0.3) is 0 Å². The average molecular weight is 593 g/mol. The number of hydrogen-bond donors (Lipinski definition) is 2. The van der Waals surface area contributed by atoms with Crippen molar-refractivity contribution in [2.75, 3.05) is 6.54 Å². The molecule has 2 N–H and O–H groups in total. The number of Topliss-reactive ketones (excluding diaryl/α,β-unsaturated/α-hetero) is 2. The van der Waals surface area contributed by atoms with Crippen molar-refractivity contribution in [3.8, 4) is 0 Å². The molecule has 2 atom stereocenters. The zero-order valence-corrected chi connectivity index (χ0v) is 26.2. The lowest BCUT2D eigenvalue weighted by Gasteiger charge is -2.44. The molecule has 0 heterocycles. The van der Waals surface area contributed by atoms with E-state index in [1.165, 1.54) is 38.8 Å². The molecular formula is C33H44N4O6. The van der Waals surface area contributed by atoms with E-state index in [1.807, 2.05) is 0 Å². The van der Waals surface area contributed by atoms with Crippen LogP contribution in [0.4, 0.5) is 0 Å². The highest BCUT2D eigenvalue weighted by atomic mass is 16.1. The van der Waals surface area contributed by atoms with E-state index in [0.717, 1.165) is 37.8 Å². The van der Waals surface area contributed by atoms with Crippen LogP contribution in [0.1, 0.15) is 78.9 Å². The maximum absolute atomic E-state index is 10.3. The molecule has 0 bridgehead atoms. The van der Waals surface area contributed by atoms with Crippen molar-refractivity contribution >= 4 is 35.9 Å². The number of ketones is 2. The first kappa shape index (κ1) is 42.8. The molecule has 10 nitrogen and oxygen atoms in total. The first-order chi connectivity index (χ1) is 20.1. The standard InChI is InChI=1S/C13H12.C12H18N2O2.2C3H6O.2CHNO/c1-3-7-12(8-4-1)11-13-9-5-2-6-10-13;1-11(2)4-10(14-9-16)5-12(3,6-11)7-13-8-15;2*1-3(2)4;2*2-1-3/h1-10H,11H2;10H,4-7H2,1-3H3;2*1-2H3;2*2H. The summed E-state index contributed by atoms with van der Waals surface area (Å²) in [6, 6.07) is 21.1. The van der Waals surface area contributed by atoms with Gasteiger partial charge in [0.2, 0.25) is 24.3 Å². The molecular weight excluding hydrogens is 548 g/mol. The second kappa shape index (κ2) is 26.2. The average Bonchev–Trinajstić information content (AvgIpc) is 2.89. The number of hydrogen-bond acceptors (Lipinski definition) is 10. The lowest BCUT2D eigenvalue weighted by molar-refractivity contribution is -0.115. The number of aliphatic imine (C=N–C) groups is 2. The zero-order valence-electron chi connectivity index (χ0n) is 26.2. The summed E-state index contributed by atoms with van der Waals surface area (Å²) in [4.78, 5) is 63.6. The Kier molecular flexibility index (Phi) is 26.1. The van der Waals surface area contributed by atoms with E-state index in [9.17, 15) is 19.2 Å². The Morgan fingerprint density at radius 2 is 1.12 bits per heavy atom. The second-order valence-corrected chi connectivity index (χ2v) is 11.0. The molecule has 2 aromatic rings. The van der Waals surface area contributed by atoms with Crippen LogP contribution in [0.15, 0.2) is 70.6 Å². The molecule has 1 saturated carbocycles. The fourth-order valence-corrected chi connectivity index (χ4v) is 4.52. The number of carbonyl (C=O) groups excluding carboxylic acids is 6. The summed E-state index contributed by atoms with van der Waals surface area (Å²) >= 11 is 0. The van der Waals surface area contributed by atoms with Crippen LogP contribution in [0.5, 0.6) is 0 Å². The third-order valence-corrected chi connectivity index (χ3v) is 5.28. The number of nitrogens with zero attached hydrogens (tertiary/aromatic N) is 2. The van der Waals surface area contributed by atoms with Crippen molar-refractivity contribution in [1.82, 2.24) is 0 Å². The predicted molar refractivity (Wildman–Crippen MR) is 166 cm³/mol. The molecule has 1 aliphatic rings. The summed E-state index contributed by atoms with van der Waals surface area (Å²) in [6.45, 7) is 13.0. The predicted octanol–water partition coefficient (Wildman–Crippen LogP) is 6.51. The molecule has 1 aliphatic carbocycles. The van der Waals surface area contributed by atoms with Crippen LogP contribution in [0.25, 0.3) is 0 Å². The highest BCUT2D eigenvalue weighted by Crippen LogP contribution is 2.47. The maximum Gasteiger partial charge on any atom is 0.235 e.